The first-order valence-electron chi connectivity index (χ1n) is 8.49. The number of amides is 1. The second kappa shape index (κ2) is 8.71. The molecule has 0 aliphatic carbocycles. The first kappa shape index (κ1) is 19.0. The third-order valence-electron chi connectivity index (χ3n) is 4.45. The van der Waals surface area contributed by atoms with E-state index in [1.54, 1.807) is 30.3 Å². The van der Waals surface area contributed by atoms with Gasteiger partial charge in [0.2, 0.25) is 0 Å². The number of piperazine rings is 1. The van der Waals surface area contributed by atoms with Crippen LogP contribution in [-0.2, 0) is 0 Å². The zero-order chi connectivity index (χ0) is 18.5. The lowest BCUT2D eigenvalue weighted by Gasteiger charge is -2.36. The van der Waals surface area contributed by atoms with Crippen LogP contribution in [0.15, 0.2) is 42.5 Å². The molecule has 0 aromatic heterocycles. The molecular formula is C19H20Cl2FN3O. The SMILES string of the molecule is O=C(NCCN1CCN(c2ccccc2F)CC1)c1ccc(Cl)cc1Cl. The maximum Gasteiger partial charge on any atom is 0.252 e. The molecule has 0 unspecified atom stereocenters. The Labute approximate surface area is 162 Å². The summed E-state index contributed by atoms with van der Waals surface area (Å²) in [6.07, 6.45) is 0. The minimum absolute atomic E-state index is 0.187. The minimum Gasteiger partial charge on any atom is -0.367 e. The van der Waals surface area contributed by atoms with Crippen molar-refractivity contribution < 1.29 is 9.18 Å². The molecule has 0 saturated carbocycles. The highest BCUT2D eigenvalue weighted by atomic mass is 35.5. The van der Waals surface area contributed by atoms with Crippen LogP contribution in [0.3, 0.4) is 0 Å². The van der Waals surface area contributed by atoms with Crippen molar-refractivity contribution in [3.63, 3.8) is 0 Å². The van der Waals surface area contributed by atoms with E-state index in [2.05, 4.69) is 15.1 Å². The average molecular weight is 396 g/mol. The van der Waals surface area contributed by atoms with Crippen LogP contribution >= 0.6 is 23.2 Å². The van der Waals surface area contributed by atoms with E-state index in [1.165, 1.54) is 6.07 Å². The number of hydrogen-bond donors (Lipinski definition) is 1. The number of rotatable bonds is 5. The number of carbonyl (C=O) groups excluding carboxylic acids is 1. The Morgan fingerprint density at radius 1 is 1.08 bits per heavy atom. The van der Waals surface area contributed by atoms with E-state index < -0.39 is 0 Å². The monoisotopic (exact) mass is 395 g/mol. The van der Waals surface area contributed by atoms with E-state index in [0.717, 1.165) is 32.7 Å². The Balaban J connectivity index is 1.44. The van der Waals surface area contributed by atoms with Gasteiger partial charge >= 0.3 is 0 Å². The molecule has 1 N–H and O–H groups in total. The molecule has 138 valence electrons. The van der Waals surface area contributed by atoms with Gasteiger partial charge in [0.15, 0.2) is 0 Å². The molecule has 1 aliphatic rings. The average Bonchev–Trinajstić information content (AvgIpc) is 2.63. The van der Waals surface area contributed by atoms with Crippen molar-refractivity contribution in [2.24, 2.45) is 0 Å². The van der Waals surface area contributed by atoms with Gasteiger partial charge in [0.05, 0.1) is 16.3 Å². The molecule has 1 aliphatic heterocycles. The lowest BCUT2D eigenvalue weighted by atomic mass is 10.2. The molecule has 0 atom stereocenters. The van der Waals surface area contributed by atoms with Gasteiger partial charge in [-0.3, -0.25) is 9.69 Å². The Morgan fingerprint density at radius 2 is 1.81 bits per heavy atom. The van der Waals surface area contributed by atoms with E-state index in [9.17, 15) is 9.18 Å². The first-order chi connectivity index (χ1) is 12.5. The number of para-hydroxylation sites is 1. The van der Waals surface area contributed by atoms with Crippen molar-refractivity contribution in [1.82, 2.24) is 10.2 Å². The van der Waals surface area contributed by atoms with Crippen LogP contribution < -0.4 is 10.2 Å². The highest BCUT2D eigenvalue weighted by Gasteiger charge is 2.19. The number of halogens is 3. The Hall–Kier alpha value is -1.82. The number of anilines is 1. The van der Waals surface area contributed by atoms with Crippen molar-refractivity contribution in [1.29, 1.82) is 0 Å². The molecule has 3 rings (SSSR count). The highest BCUT2D eigenvalue weighted by molar-refractivity contribution is 6.36. The number of nitrogens with zero attached hydrogens (tertiary/aromatic N) is 2. The number of hydrogen-bond acceptors (Lipinski definition) is 3. The van der Waals surface area contributed by atoms with Crippen molar-refractivity contribution in [2.75, 3.05) is 44.2 Å². The largest absolute Gasteiger partial charge is 0.367 e. The molecule has 1 amide bonds. The first-order valence-corrected chi connectivity index (χ1v) is 9.25. The summed E-state index contributed by atoms with van der Waals surface area (Å²) in [4.78, 5) is 16.5. The van der Waals surface area contributed by atoms with E-state index in [-0.39, 0.29) is 11.7 Å². The third-order valence-corrected chi connectivity index (χ3v) is 5.00. The van der Waals surface area contributed by atoms with Gasteiger partial charge in [-0.1, -0.05) is 35.3 Å². The number of benzene rings is 2. The summed E-state index contributed by atoms with van der Waals surface area (Å²) in [5.74, 6) is -0.398. The van der Waals surface area contributed by atoms with Gasteiger partial charge in [-0.2, -0.15) is 0 Å². The van der Waals surface area contributed by atoms with E-state index in [4.69, 9.17) is 23.2 Å². The quantitative estimate of drug-likeness (QED) is 0.838. The molecule has 1 saturated heterocycles. The Morgan fingerprint density at radius 3 is 2.50 bits per heavy atom. The summed E-state index contributed by atoms with van der Waals surface area (Å²) in [6, 6.07) is 11.7. The number of nitrogens with one attached hydrogen (secondary N) is 1. The lowest BCUT2D eigenvalue weighted by Crippen LogP contribution is -2.48. The summed E-state index contributed by atoms with van der Waals surface area (Å²) < 4.78 is 13.9. The van der Waals surface area contributed by atoms with Gasteiger partial charge < -0.3 is 10.2 Å². The molecule has 0 spiro atoms. The van der Waals surface area contributed by atoms with Gasteiger partial charge in [0, 0.05) is 44.3 Å². The molecule has 0 bridgehead atoms. The van der Waals surface area contributed by atoms with E-state index in [1.807, 2.05) is 6.07 Å². The minimum atomic E-state index is -0.211. The van der Waals surface area contributed by atoms with Crippen LogP contribution in [0.1, 0.15) is 10.4 Å². The van der Waals surface area contributed by atoms with Gasteiger partial charge in [0.25, 0.3) is 5.91 Å². The molecule has 4 nitrogen and oxygen atoms in total. The van der Waals surface area contributed by atoms with Crippen LogP contribution in [0.5, 0.6) is 0 Å². The highest BCUT2D eigenvalue weighted by Crippen LogP contribution is 2.21. The Bertz CT molecular complexity index is 779. The molecule has 1 heterocycles. The molecule has 1 fully saturated rings. The lowest BCUT2D eigenvalue weighted by molar-refractivity contribution is 0.0948. The third kappa shape index (κ3) is 4.67. The van der Waals surface area contributed by atoms with Gasteiger partial charge in [0.1, 0.15) is 5.82 Å². The fourth-order valence-corrected chi connectivity index (χ4v) is 3.51. The van der Waals surface area contributed by atoms with E-state index in [0.29, 0.717) is 27.8 Å². The second-order valence-electron chi connectivity index (χ2n) is 6.16. The maximum atomic E-state index is 13.9. The molecule has 26 heavy (non-hydrogen) atoms. The van der Waals surface area contributed by atoms with Crippen LogP contribution in [0.4, 0.5) is 10.1 Å². The molecule has 0 radical (unpaired) electrons. The summed E-state index contributed by atoms with van der Waals surface area (Å²) in [7, 11) is 0. The van der Waals surface area contributed by atoms with Crippen LogP contribution in [0.2, 0.25) is 10.0 Å². The van der Waals surface area contributed by atoms with Gasteiger partial charge in [-0.25, -0.2) is 4.39 Å². The van der Waals surface area contributed by atoms with Gasteiger partial charge in [-0.05, 0) is 30.3 Å². The van der Waals surface area contributed by atoms with Crippen LogP contribution in [0, 0.1) is 5.82 Å². The topological polar surface area (TPSA) is 35.6 Å². The summed E-state index contributed by atoms with van der Waals surface area (Å²) in [6.45, 7) is 4.44. The van der Waals surface area contributed by atoms with Crippen molar-refractivity contribution in [2.45, 2.75) is 0 Å². The van der Waals surface area contributed by atoms with Crippen LogP contribution in [0.25, 0.3) is 0 Å². The second-order valence-corrected chi connectivity index (χ2v) is 7.00. The van der Waals surface area contributed by atoms with Crippen molar-refractivity contribution >= 4 is 34.8 Å². The van der Waals surface area contributed by atoms with Gasteiger partial charge in [-0.15, -0.1) is 0 Å². The standard InChI is InChI=1S/C19H20Cl2FN3O/c20-14-5-6-15(16(21)13-14)19(26)23-7-8-24-9-11-25(12-10-24)18-4-2-1-3-17(18)22/h1-6,13H,7-12H2,(H,23,26). The molecular weight excluding hydrogens is 376 g/mol. The summed E-state index contributed by atoms with van der Waals surface area (Å²) >= 11 is 11.9. The molecule has 7 heteroatoms. The van der Waals surface area contributed by atoms with Crippen molar-refractivity contribution in [3.05, 3.63) is 63.9 Å². The zero-order valence-corrected chi connectivity index (χ0v) is 15.7. The normalized spacial score (nSPS) is 15.1. The Kier molecular flexibility index (Phi) is 6.35. The maximum absolute atomic E-state index is 13.9. The van der Waals surface area contributed by atoms with Crippen LogP contribution in [-0.4, -0.2) is 50.1 Å². The fourth-order valence-electron chi connectivity index (χ4n) is 3.02. The number of carbonyl (C=O) groups is 1. The fraction of sp³-hybridized carbons (Fsp3) is 0.316. The van der Waals surface area contributed by atoms with E-state index >= 15 is 0 Å². The summed E-state index contributed by atoms with van der Waals surface area (Å²) in [5, 5.41) is 3.72. The molecule has 2 aromatic carbocycles. The summed E-state index contributed by atoms with van der Waals surface area (Å²) in [5.41, 5.74) is 1.07. The predicted molar refractivity (Wildman–Crippen MR) is 104 cm³/mol. The predicted octanol–water partition coefficient (Wildman–Crippen LogP) is 3.68. The molecule has 2 aromatic rings. The smallest absolute Gasteiger partial charge is 0.252 e. The van der Waals surface area contributed by atoms with Crippen molar-refractivity contribution in [3.8, 4) is 0 Å². The zero-order valence-electron chi connectivity index (χ0n) is 14.2.